The van der Waals surface area contributed by atoms with Crippen molar-refractivity contribution in [2.45, 2.75) is 6.61 Å². The topological polar surface area (TPSA) is 38.3 Å². The van der Waals surface area contributed by atoms with E-state index in [1.54, 1.807) is 0 Å². The molecule has 1 rings (SSSR count). The van der Waals surface area contributed by atoms with Gasteiger partial charge in [0.05, 0.1) is 18.7 Å². The number of benzene rings is 1. The number of hydrogen-bond donors (Lipinski definition) is 1. The van der Waals surface area contributed by atoms with Crippen molar-refractivity contribution in [2.75, 3.05) is 20.7 Å². The summed E-state index contributed by atoms with van der Waals surface area (Å²) < 4.78 is 31.8. The van der Waals surface area contributed by atoms with Crippen molar-refractivity contribution in [2.24, 2.45) is 0 Å². The van der Waals surface area contributed by atoms with Crippen LogP contribution in [0.3, 0.4) is 0 Å². The molecule has 0 amide bonds. The van der Waals surface area contributed by atoms with E-state index < -0.39 is 23.0 Å². The molecular weight excluding hydrogens is 216 g/mol. The van der Waals surface area contributed by atoms with Crippen molar-refractivity contribution in [1.82, 2.24) is 5.32 Å². The monoisotopic (exact) mass is 229 g/mol. The number of ether oxygens (including phenoxy) is 1. The molecule has 88 valence electrons. The lowest BCUT2D eigenvalue weighted by Crippen LogP contribution is -2.21. The van der Waals surface area contributed by atoms with Crippen LogP contribution in [0, 0.1) is 11.6 Å². The van der Waals surface area contributed by atoms with Gasteiger partial charge in [0.25, 0.3) is 0 Å². The number of carbonyl (C=O) groups is 1. The molecule has 3 nitrogen and oxygen atoms in total. The van der Waals surface area contributed by atoms with E-state index in [-0.39, 0.29) is 18.7 Å². The van der Waals surface area contributed by atoms with Crippen LogP contribution in [0.15, 0.2) is 12.1 Å². The van der Waals surface area contributed by atoms with E-state index in [4.69, 9.17) is 4.74 Å². The molecule has 0 spiro atoms. The van der Waals surface area contributed by atoms with Gasteiger partial charge in [-0.2, -0.15) is 0 Å². The highest BCUT2D eigenvalue weighted by atomic mass is 19.1. The number of likely N-dealkylation sites (N-methyl/N-ethyl adjacent to an activating group) is 1. The van der Waals surface area contributed by atoms with Crippen LogP contribution < -0.4 is 5.32 Å². The average molecular weight is 229 g/mol. The third-order valence-corrected chi connectivity index (χ3v) is 2.09. The van der Waals surface area contributed by atoms with Gasteiger partial charge >= 0.3 is 0 Å². The fourth-order valence-electron chi connectivity index (χ4n) is 1.37. The molecule has 0 aliphatic heterocycles. The first-order valence-corrected chi connectivity index (χ1v) is 4.75. The number of Topliss-reactive ketones (excluding diaryl/α,β-unsaturated/α-hetero) is 1. The van der Waals surface area contributed by atoms with Crippen LogP contribution in [-0.2, 0) is 11.3 Å². The molecule has 5 heteroatoms. The molecule has 0 aliphatic carbocycles. The predicted molar refractivity (Wildman–Crippen MR) is 55.3 cm³/mol. The zero-order chi connectivity index (χ0) is 12.1. The van der Waals surface area contributed by atoms with Gasteiger partial charge in [0, 0.05) is 12.7 Å². The van der Waals surface area contributed by atoms with Gasteiger partial charge in [-0.15, -0.1) is 0 Å². The number of ketones is 1. The van der Waals surface area contributed by atoms with Crippen LogP contribution in [0.25, 0.3) is 0 Å². The smallest absolute Gasteiger partial charge is 0.182 e. The minimum atomic E-state index is -0.849. The minimum absolute atomic E-state index is 0.00590. The Morgan fingerprint density at radius 1 is 1.44 bits per heavy atom. The van der Waals surface area contributed by atoms with E-state index in [1.807, 2.05) is 0 Å². The number of nitrogens with one attached hydrogen (secondary N) is 1. The highest BCUT2D eigenvalue weighted by Crippen LogP contribution is 2.18. The van der Waals surface area contributed by atoms with E-state index in [9.17, 15) is 13.6 Å². The lowest BCUT2D eigenvalue weighted by Gasteiger charge is -2.08. The Hall–Kier alpha value is -1.33. The first-order chi connectivity index (χ1) is 7.61. The standard InChI is InChI=1S/C11H13F2NO2/c1-14-5-9(15)10-8(12)4-3-7(6-16-2)11(10)13/h3-4,14H,5-6H2,1-2H3. The molecule has 0 unspecified atom stereocenters. The Bertz CT molecular complexity index is 394. The zero-order valence-electron chi connectivity index (χ0n) is 9.14. The Labute approximate surface area is 92.4 Å². The molecule has 0 saturated heterocycles. The number of halogens is 2. The molecule has 0 bridgehead atoms. The second-order valence-corrected chi connectivity index (χ2v) is 3.28. The van der Waals surface area contributed by atoms with Gasteiger partial charge in [-0.25, -0.2) is 8.78 Å². The van der Waals surface area contributed by atoms with E-state index in [0.29, 0.717) is 0 Å². The van der Waals surface area contributed by atoms with Crippen molar-refractivity contribution in [3.63, 3.8) is 0 Å². The molecule has 0 saturated carbocycles. The Kier molecular flexibility index (Phi) is 4.52. The first-order valence-electron chi connectivity index (χ1n) is 4.75. The van der Waals surface area contributed by atoms with Gasteiger partial charge in [-0.05, 0) is 13.1 Å². The quantitative estimate of drug-likeness (QED) is 0.778. The molecule has 1 aromatic carbocycles. The fraction of sp³-hybridized carbons (Fsp3) is 0.364. The molecular formula is C11H13F2NO2. The maximum absolute atomic E-state index is 13.7. The third kappa shape index (κ3) is 2.62. The Morgan fingerprint density at radius 3 is 2.69 bits per heavy atom. The SMILES string of the molecule is CNCC(=O)c1c(F)ccc(COC)c1F. The summed E-state index contributed by atoms with van der Waals surface area (Å²) in [6.45, 7) is -0.101. The van der Waals surface area contributed by atoms with Crippen LogP contribution in [-0.4, -0.2) is 26.5 Å². The van der Waals surface area contributed by atoms with E-state index in [2.05, 4.69) is 5.32 Å². The summed E-state index contributed by atoms with van der Waals surface area (Å²) in [7, 11) is 2.94. The summed E-state index contributed by atoms with van der Waals surface area (Å²) in [5.41, 5.74) is -0.341. The normalized spacial score (nSPS) is 10.5. The van der Waals surface area contributed by atoms with Crippen molar-refractivity contribution in [3.8, 4) is 0 Å². The Balaban J connectivity index is 3.15. The number of carbonyl (C=O) groups excluding carboxylic acids is 1. The molecule has 0 radical (unpaired) electrons. The summed E-state index contributed by atoms with van der Waals surface area (Å²) in [5.74, 6) is -2.31. The van der Waals surface area contributed by atoms with Crippen molar-refractivity contribution in [1.29, 1.82) is 0 Å². The van der Waals surface area contributed by atoms with E-state index in [0.717, 1.165) is 6.07 Å². The van der Waals surface area contributed by atoms with Crippen LogP contribution in [0.5, 0.6) is 0 Å². The molecule has 1 aromatic rings. The molecule has 0 fully saturated rings. The first kappa shape index (κ1) is 12.7. The lowest BCUT2D eigenvalue weighted by molar-refractivity contribution is 0.0984. The Morgan fingerprint density at radius 2 is 2.12 bits per heavy atom. The number of methoxy groups -OCH3 is 1. The van der Waals surface area contributed by atoms with Gasteiger partial charge in [-0.3, -0.25) is 4.79 Å². The maximum Gasteiger partial charge on any atom is 0.182 e. The van der Waals surface area contributed by atoms with E-state index in [1.165, 1.54) is 20.2 Å². The van der Waals surface area contributed by atoms with Gasteiger partial charge in [0.15, 0.2) is 5.78 Å². The maximum atomic E-state index is 13.7. The second kappa shape index (κ2) is 5.67. The molecule has 0 heterocycles. The average Bonchev–Trinajstić information content (AvgIpc) is 2.23. The second-order valence-electron chi connectivity index (χ2n) is 3.28. The van der Waals surface area contributed by atoms with Crippen molar-refractivity contribution < 1.29 is 18.3 Å². The lowest BCUT2D eigenvalue weighted by atomic mass is 10.1. The van der Waals surface area contributed by atoms with Crippen LogP contribution in [0.4, 0.5) is 8.78 Å². The summed E-state index contributed by atoms with van der Waals surface area (Å²) in [6, 6.07) is 2.34. The van der Waals surface area contributed by atoms with Crippen LogP contribution >= 0.6 is 0 Å². The minimum Gasteiger partial charge on any atom is -0.380 e. The molecule has 16 heavy (non-hydrogen) atoms. The molecule has 0 aromatic heterocycles. The van der Waals surface area contributed by atoms with Crippen molar-refractivity contribution in [3.05, 3.63) is 34.9 Å². The molecule has 0 aliphatic rings. The van der Waals surface area contributed by atoms with Gasteiger partial charge in [0.1, 0.15) is 11.6 Å². The molecule has 0 atom stereocenters. The van der Waals surface area contributed by atoms with Crippen LogP contribution in [0.2, 0.25) is 0 Å². The third-order valence-electron chi connectivity index (χ3n) is 2.09. The summed E-state index contributed by atoms with van der Waals surface area (Å²) in [5, 5.41) is 2.56. The number of hydrogen-bond acceptors (Lipinski definition) is 3. The summed E-state index contributed by atoms with van der Waals surface area (Å²) >= 11 is 0. The van der Waals surface area contributed by atoms with Crippen LogP contribution in [0.1, 0.15) is 15.9 Å². The van der Waals surface area contributed by atoms with Crippen molar-refractivity contribution >= 4 is 5.78 Å². The van der Waals surface area contributed by atoms with Gasteiger partial charge in [-0.1, -0.05) is 6.07 Å². The number of rotatable bonds is 5. The molecule has 1 N–H and O–H groups in total. The largest absolute Gasteiger partial charge is 0.380 e. The van der Waals surface area contributed by atoms with Gasteiger partial charge < -0.3 is 10.1 Å². The fourth-order valence-corrected chi connectivity index (χ4v) is 1.37. The zero-order valence-corrected chi connectivity index (χ0v) is 9.14. The highest BCUT2D eigenvalue weighted by molar-refractivity contribution is 5.98. The van der Waals surface area contributed by atoms with E-state index >= 15 is 0 Å². The highest BCUT2D eigenvalue weighted by Gasteiger charge is 2.19. The summed E-state index contributed by atoms with van der Waals surface area (Å²) in [6.07, 6.45) is 0. The predicted octanol–water partition coefficient (Wildman–Crippen LogP) is 1.51. The van der Waals surface area contributed by atoms with Gasteiger partial charge in [0.2, 0.25) is 0 Å². The summed E-state index contributed by atoms with van der Waals surface area (Å²) in [4.78, 5) is 11.5.